The van der Waals surface area contributed by atoms with Gasteiger partial charge in [-0.15, -0.1) is 0 Å². The van der Waals surface area contributed by atoms with Crippen molar-refractivity contribution in [3.8, 4) is 11.4 Å². The van der Waals surface area contributed by atoms with Crippen LogP contribution < -0.4 is 21.1 Å². The first-order valence-corrected chi connectivity index (χ1v) is 14.1. The van der Waals surface area contributed by atoms with Crippen LogP contribution in [0.2, 0.25) is 0 Å². The average molecular weight is 572 g/mol. The number of rotatable bonds is 7. The molecule has 41 heavy (non-hydrogen) atoms. The van der Waals surface area contributed by atoms with Gasteiger partial charge in [0, 0.05) is 43.6 Å². The predicted octanol–water partition coefficient (Wildman–Crippen LogP) is 3.15. The lowest BCUT2D eigenvalue weighted by molar-refractivity contribution is 0.0254. The number of aryl methyl sites for hydroxylation is 1. The van der Waals surface area contributed by atoms with E-state index in [1.165, 1.54) is 25.6 Å². The maximum absolute atomic E-state index is 15.4. The Hall–Kier alpha value is -3.65. The second-order valence-corrected chi connectivity index (χ2v) is 11.6. The van der Waals surface area contributed by atoms with Crippen LogP contribution in [0.3, 0.4) is 0 Å². The van der Waals surface area contributed by atoms with E-state index in [0.717, 1.165) is 41.4 Å². The Morgan fingerprint density at radius 3 is 2.68 bits per heavy atom. The Kier molecular flexibility index (Phi) is 7.36. The van der Waals surface area contributed by atoms with E-state index in [4.69, 9.17) is 9.47 Å². The minimum absolute atomic E-state index is 0.000836. The van der Waals surface area contributed by atoms with Crippen molar-refractivity contribution < 1.29 is 18.3 Å². The highest BCUT2D eigenvalue weighted by Crippen LogP contribution is 2.39. The lowest BCUT2D eigenvalue weighted by Gasteiger charge is -2.47. The maximum atomic E-state index is 15.4. The molecule has 2 aromatic heterocycles. The van der Waals surface area contributed by atoms with Crippen molar-refractivity contribution in [1.82, 2.24) is 34.7 Å². The summed E-state index contributed by atoms with van der Waals surface area (Å²) in [7, 11) is 1.46. The molecule has 2 atom stereocenters. The number of ether oxygens (including phenoxy) is 2. The molecule has 3 aliphatic heterocycles. The molecule has 12 nitrogen and oxygen atoms in total. The standard InChI is InChI=1S/C27H35F2N9O3/c1-27(2)14-16(11-17-5-4-8-37(17)27)31-24-20(29)15-30-25(33-24)32-21-13-22(38-26(39)36(3)34-35-38)23(12-19(21)28)41-18-6-9-40-10-7-18/h12-13,15-18H,4-11,14H2,1-3H3,(H2,30,31,32,33). The number of nitrogens with zero attached hydrogens (tertiary/aromatic N) is 7. The molecule has 0 bridgehead atoms. The molecule has 3 aliphatic rings. The van der Waals surface area contributed by atoms with Gasteiger partial charge < -0.3 is 20.1 Å². The highest BCUT2D eigenvalue weighted by atomic mass is 19.1. The lowest BCUT2D eigenvalue weighted by atomic mass is 9.84. The van der Waals surface area contributed by atoms with Gasteiger partial charge in [-0.1, -0.05) is 0 Å². The number of tetrazole rings is 1. The first-order chi connectivity index (χ1) is 19.7. The van der Waals surface area contributed by atoms with Crippen LogP contribution >= 0.6 is 0 Å². The summed E-state index contributed by atoms with van der Waals surface area (Å²) < 4.78 is 43.8. The molecular formula is C27H35F2N9O3. The molecule has 14 heteroatoms. The van der Waals surface area contributed by atoms with Crippen LogP contribution in [-0.2, 0) is 11.8 Å². The molecule has 0 saturated carbocycles. The summed E-state index contributed by atoms with van der Waals surface area (Å²) >= 11 is 0. The smallest absolute Gasteiger partial charge is 0.368 e. The Balaban J connectivity index is 1.27. The van der Waals surface area contributed by atoms with Crippen molar-refractivity contribution in [2.45, 2.75) is 76.1 Å². The fourth-order valence-electron chi connectivity index (χ4n) is 6.30. The highest BCUT2D eigenvalue weighted by Gasteiger charge is 2.43. The summed E-state index contributed by atoms with van der Waals surface area (Å²) in [5.41, 5.74) is -0.367. The van der Waals surface area contributed by atoms with Gasteiger partial charge in [-0.2, -0.15) is 14.3 Å². The third kappa shape index (κ3) is 5.62. The van der Waals surface area contributed by atoms with E-state index in [1.54, 1.807) is 0 Å². The summed E-state index contributed by atoms with van der Waals surface area (Å²) in [6.07, 6.45) is 6.16. The third-order valence-electron chi connectivity index (χ3n) is 8.25. The third-order valence-corrected chi connectivity index (χ3v) is 8.25. The zero-order chi connectivity index (χ0) is 28.7. The normalized spacial score (nSPS) is 22.9. The Labute approximate surface area is 236 Å². The molecule has 0 amide bonds. The van der Waals surface area contributed by atoms with Gasteiger partial charge in [-0.25, -0.2) is 18.6 Å². The fourth-order valence-corrected chi connectivity index (χ4v) is 6.30. The molecule has 1 aromatic carbocycles. The molecule has 2 N–H and O–H groups in total. The van der Waals surface area contributed by atoms with Crippen LogP contribution in [0.1, 0.15) is 52.4 Å². The van der Waals surface area contributed by atoms with Gasteiger partial charge >= 0.3 is 5.69 Å². The predicted molar refractivity (Wildman–Crippen MR) is 147 cm³/mol. The van der Waals surface area contributed by atoms with Crippen molar-refractivity contribution in [3.05, 3.63) is 40.4 Å². The lowest BCUT2D eigenvalue weighted by Crippen LogP contribution is -2.55. The van der Waals surface area contributed by atoms with Crippen LogP contribution in [0.5, 0.6) is 5.75 Å². The summed E-state index contributed by atoms with van der Waals surface area (Å²) in [5, 5.41) is 13.8. The topological polar surface area (TPSA) is 124 Å². The Morgan fingerprint density at radius 1 is 1.12 bits per heavy atom. The first kappa shape index (κ1) is 27.5. The van der Waals surface area contributed by atoms with Gasteiger partial charge in [0.05, 0.1) is 25.1 Å². The van der Waals surface area contributed by atoms with E-state index in [-0.39, 0.29) is 46.6 Å². The molecule has 0 radical (unpaired) electrons. The van der Waals surface area contributed by atoms with E-state index in [1.807, 2.05) is 0 Å². The van der Waals surface area contributed by atoms with Crippen molar-refractivity contribution >= 4 is 17.5 Å². The van der Waals surface area contributed by atoms with Gasteiger partial charge in [-0.05, 0) is 62.6 Å². The molecule has 220 valence electrons. The van der Waals surface area contributed by atoms with Crippen molar-refractivity contribution in [1.29, 1.82) is 0 Å². The van der Waals surface area contributed by atoms with Crippen molar-refractivity contribution in [2.75, 3.05) is 30.4 Å². The average Bonchev–Trinajstić information content (AvgIpc) is 3.55. The minimum atomic E-state index is -0.662. The van der Waals surface area contributed by atoms with Gasteiger partial charge in [0.15, 0.2) is 17.5 Å². The highest BCUT2D eigenvalue weighted by molar-refractivity contribution is 5.63. The summed E-state index contributed by atoms with van der Waals surface area (Å²) in [4.78, 5) is 23.6. The zero-order valence-corrected chi connectivity index (χ0v) is 23.4. The van der Waals surface area contributed by atoms with Gasteiger partial charge in [0.2, 0.25) is 5.95 Å². The summed E-state index contributed by atoms with van der Waals surface area (Å²) in [6.45, 7) is 6.60. The molecule has 3 saturated heterocycles. The van der Waals surface area contributed by atoms with Crippen LogP contribution in [0, 0.1) is 11.6 Å². The van der Waals surface area contributed by atoms with Crippen LogP contribution in [0.4, 0.5) is 26.2 Å². The SMILES string of the molecule is Cn1nnn(-c2cc(Nc3ncc(F)c(NC4CC5CCCN5C(C)(C)C4)n3)c(F)cc2OC2CCOCC2)c1=O. The zero-order valence-electron chi connectivity index (χ0n) is 23.4. The van der Waals surface area contributed by atoms with Gasteiger partial charge in [0.25, 0.3) is 0 Å². The van der Waals surface area contributed by atoms with Gasteiger partial charge in [0.1, 0.15) is 17.5 Å². The summed E-state index contributed by atoms with van der Waals surface area (Å²) in [5.74, 6) is -1.05. The Morgan fingerprint density at radius 2 is 1.93 bits per heavy atom. The molecule has 3 aromatic rings. The second-order valence-electron chi connectivity index (χ2n) is 11.6. The van der Waals surface area contributed by atoms with Crippen LogP contribution in [0.15, 0.2) is 23.1 Å². The molecule has 5 heterocycles. The molecule has 0 spiro atoms. The Bertz CT molecular complexity index is 1470. The number of benzene rings is 1. The summed E-state index contributed by atoms with van der Waals surface area (Å²) in [6, 6.07) is 3.07. The quantitative estimate of drug-likeness (QED) is 0.437. The van der Waals surface area contributed by atoms with E-state index in [2.05, 4.69) is 49.8 Å². The number of fused-ring (bicyclic) bond motifs is 1. The maximum Gasteiger partial charge on any atom is 0.368 e. The van der Waals surface area contributed by atoms with E-state index in [9.17, 15) is 9.18 Å². The number of aromatic nitrogens is 6. The minimum Gasteiger partial charge on any atom is -0.488 e. The van der Waals surface area contributed by atoms with E-state index in [0.29, 0.717) is 32.1 Å². The fraction of sp³-hybridized carbons (Fsp3) is 0.593. The van der Waals surface area contributed by atoms with E-state index < -0.39 is 17.3 Å². The van der Waals surface area contributed by atoms with Crippen LogP contribution in [0.25, 0.3) is 5.69 Å². The molecule has 6 rings (SSSR count). The van der Waals surface area contributed by atoms with Crippen LogP contribution in [-0.4, -0.2) is 78.1 Å². The van der Waals surface area contributed by atoms with E-state index >= 15 is 4.39 Å². The molecule has 3 fully saturated rings. The number of nitrogens with one attached hydrogen (secondary N) is 2. The largest absolute Gasteiger partial charge is 0.488 e. The van der Waals surface area contributed by atoms with Gasteiger partial charge in [-0.3, -0.25) is 4.90 Å². The molecule has 2 unspecified atom stereocenters. The van der Waals surface area contributed by atoms with Crippen molar-refractivity contribution in [2.24, 2.45) is 7.05 Å². The number of piperidine rings is 1. The number of hydrogen-bond acceptors (Lipinski definition) is 10. The molecule has 0 aliphatic carbocycles. The number of halogens is 2. The first-order valence-electron chi connectivity index (χ1n) is 14.1. The van der Waals surface area contributed by atoms with Crippen molar-refractivity contribution in [3.63, 3.8) is 0 Å². The number of hydrogen-bond donors (Lipinski definition) is 2. The number of anilines is 3. The second kappa shape index (κ2) is 11.0. The monoisotopic (exact) mass is 571 g/mol. The molecular weight excluding hydrogens is 536 g/mol.